The van der Waals surface area contributed by atoms with Crippen LogP contribution in [-0.2, 0) is 17.7 Å². The van der Waals surface area contributed by atoms with E-state index in [1.807, 2.05) is 31.2 Å². The Hall–Kier alpha value is -2.71. The van der Waals surface area contributed by atoms with Gasteiger partial charge in [-0.1, -0.05) is 30.4 Å². The van der Waals surface area contributed by atoms with Crippen LogP contribution in [0.5, 0.6) is 0 Å². The number of rotatable bonds is 5. The normalized spacial score (nSPS) is 11.6. The number of pyridine rings is 1. The van der Waals surface area contributed by atoms with Gasteiger partial charge in [-0.25, -0.2) is 4.98 Å². The fourth-order valence-electron chi connectivity index (χ4n) is 3.19. The Kier molecular flexibility index (Phi) is 4.21. The summed E-state index contributed by atoms with van der Waals surface area (Å²) in [7, 11) is 1.59. The molecule has 0 bridgehead atoms. The van der Waals surface area contributed by atoms with Crippen LogP contribution in [0.1, 0.15) is 12.6 Å². The van der Waals surface area contributed by atoms with Crippen LogP contribution in [-0.4, -0.2) is 33.0 Å². The van der Waals surface area contributed by atoms with E-state index in [9.17, 15) is 9.59 Å². The Labute approximate surface area is 152 Å². The minimum absolute atomic E-state index is 0.149. The third-order valence-electron chi connectivity index (χ3n) is 4.39. The Morgan fingerprint density at radius 2 is 2.08 bits per heavy atom. The molecule has 0 atom stereocenters. The second kappa shape index (κ2) is 6.54. The van der Waals surface area contributed by atoms with Crippen molar-refractivity contribution in [2.75, 3.05) is 13.7 Å². The molecule has 7 nitrogen and oxygen atoms in total. The third-order valence-corrected chi connectivity index (χ3v) is 5.42. The van der Waals surface area contributed by atoms with Gasteiger partial charge in [0.15, 0.2) is 0 Å². The van der Waals surface area contributed by atoms with Crippen molar-refractivity contribution in [3.63, 3.8) is 0 Å². The van der Waals surface area contributed by atoms with Crippen LogP contribution < -0.4 is 11.1 Å². The Balaban J connectivity index is 1.97. The summed E-state index contributed by atoms with van der Waals surface area (Å²) in [5.74, 6) is 0. The molecule has 3 heterocycles. The zero-order valence-corrected chi connectivity index (χ0v) is 15.3. The summed E-state index contributed by atoms with van der Waals surface area (Å²) in [6.45, 7) is 2.76. The van der Waals surface area contributed by atoms with Gasteiger partial charge in [-0.2, -0.15) is 4.68 Å². The number of thiazole rings is 1. The standard InChI is InChI=1S/C18H18N4O3S/c1-3-13-16-12(10-15(23)21(13)8-9-25-2)20-22(17(16)24)18-19-11-6-4-5-7-14(11)26-18/h4-7,10,20H,3,8-9H2,1-2H3. The highest BCUT2D eigenvalue weighted by Gasteiger charge is 2.18. The first-order valence-corrected chi connectivity index (χ1v) is 9.18. The van der Waals surface area contributed by atoms with Gasteiger partial charge in [0.2, 0.25) is 5.13 Å². The van der Waals surface area contributed by atoms with Crippen LogP contribution in [0.15, 0.2) is 39.9 Å². The van der Waals surface area contributed by atoms with E-state index in [4.69, 9.17) is 4.74 Å². The average Bonchev–Trinajstić information content (AvgIpc) is 3.20. The van der Waals surface area contributed by atoms with Crippen molar-refractivity contribution in [2.24, 2.45) is 0 Å². The molecule has 0 unspecified atom stereocenters. The number of nitrogens with zero attached hydrogens (tertiary/aromatic N) is 3. The number of methoxy groups -OCH3 is 1. The molecule has 0 aliphatic heterocycles. The first-order chi connectivity index (χ1) is 12.6. The molecule has 1 N–H and O–H groups in total. The molecule has 1 aromatic carbocycles. The molecule has 0 saturated carbocycles. The van der Waals surface area contributed by atoms with Crippen molar-refractivity contribution in [1.29, 1.82) is 0 Å². The number of H-pyrrole nitrogens is 1. The number of aryl methyl sites for hydroxylation is 1. The van der Waals surface area contributed by atoms with Crippen molar-refractivity contribution in [1.82, 2.24) is 19.3 Å². The zero-order chi connectivity index (χ0) is 18.3. The quantitative estimate of drug-likeness (QED) is 0.584. The van der Waals surface area contributed by atoms with Crippen LogP contribution in [0.2, 0.25) is 0 Å². The molecule has 3 aromatic heterocycles. The van der Waals surface area contributed by atoms with Gasteiger partial charge in [-0.05, 0) is 18.6 Å². The van der Waals surface area contributed by atoms with E-state index in [1.165, 1.54) is 22.1 Å². The summed E-state index contributed by atoms with van der Waals surface area (Å²) in [5, 5.41) is 4.14. The Morgan fingerprint density at radius 3 is 2.81 bits per heavy atom. The summed E-state index contributed by atoms with van der Waals surface area (Å²) < 4.78 is 9.13. The maximum Gasteiger partial charge on any atom is 0.282 e. The molecule has 0 aliphatic carbocycles. The van der Waals surface area contributed by atoms with E-state index in [0.717, 1.165) is 10.2 Å². The fraction of sp³-hybridized carbons (Fsp3) is 0.278. The van der Waals surface area contributed by atoms with Crippen molar-refractivity contribution in [3.8, 4) is 5.13 Å². The van der Waals surface area contributed by atoms with Gasteiger partial charge in [0.05, 0.1) is 27.7 Å². The smallest absolute Gasteiger partial charge is 0.282 e. The van der Waals surface area contributed by atoms with E-state index < -0.39 is 0 Å². The SMILES string of the molecule is CCc1c2c(=O)n(-c3nc4ccccc4s3)[nH]c2cc(=O)n1CCOC. The summed E-state index contributed by atoms with van der Waals surface area (Å²) in [6, 6.07) is 9.20. The lowest BCUT2D eigenvalue weighted by Crippen LogP contribution is -2.26. The predicted octanol–water partition coefficient (Wildman–Crippen LogP) is 2.30. The van der Waals surface area contributed by atoms with E-state index in [0.29, 0.717) is 41.3 Å². The maximum absolute atomic E-state index is 13.1. The first kappa shape index (κ1) is 16.7. The van der Waals surface area contributed by atoms with Crippen LogP contribution in [0.25, 0.3) is 26.3 Å². The lowest BCUT2D eigenvalue weighted by atomic mass is 10.2. The van der Waals surface area contributed by atoms with E-state index >= 15 is 0 Å². The van der Waals surface area contributed by atoms with Gasteiger partial charge in [-0.15, -0.1) is 0 Å². The molecule has 134 valence electrons. The van der Waals surface area contributed by atoms with E-state index in [1.54, 1.807) is 11.7 Å². The van der Waals surface area contributed by atoms with Crippen LogP contribution in [0, 0.1) is 0 Å². The van der Waals surface area contributed by atoms with Crippen molar-refractivity contribution >= 4 is 32.5 Å². The van der Waals surface area contributed by atoms with Gasteiger partial charge in [0.25, 0.3) is 11.1 Å². The van der Waals surface area contributed by atoms with Gasteiger partial charge in [-0.3, -0.25) is 14.7 Å². The van der Waals surface area contributed by atoms with Crippen LogP contribution >= 0.6 is 11.3 Å². The van der Waals surface area contributed by atoms with Gasteiger partial charge >= 0.3 is 0 Å². The molecule has 0 spiro atoms. The van der Waals surface area contributed by atoms with Crippen molar-refractivity contribution in [3.05, 3.63) is 56.7 Å². The van der Waals surface area contributed by atoms with Crippen LogP contribution in [0.4, 0.5) is 0 Å². The molecule has 0 aliphatic rings. The highest BCUT2D eigenvalue weighted by atomic mass is 32.1. The first-order valence-electron chi connectivity index (χ1n) is 8.36. The number of fused-ring (bicyclic) bond motifs is 2. The third kappa shape index (κ3) is 2.58. The van der Waals surface area contributed by atoms with E-state index in [-0.39, 0.29) is 11.1 Å². The molecule has 4 rings (SSSR count). The highest BCUT2D eigenvalue weighted by Crippen LogP contribution is 2.24. The predicted molar refractivity (Wildman–Crippen MR) is 103 cm³/mol. The minimum Gasteiger partial charge on any atom is -0.383 e. The van der Waals surface area contributed by atoms with Crippen molar-refractivity contribution in [2.45, 2.75) is 19.9 Å². The molecular formula is C18H18N4O3S. The van der Waals surface area contributed by atoms with E-state index in [2.05, 4.69) is 10.1 Å². The monoisotopic (exact) mass is 370 g/mol. The topological polar surface area (TPSA) is 81.9 Å². The van der Waals surface area contributed by atoms with Gasteiger partial charge in [0, 0.05) is 25.4 Å². The summed E-state index contributed by atoms with van der Waals surface area (Å²) >= 11 is 1.43. The number of aromatic amines is 1. The molecule has 4 aromatic rings. The number of hydrogen-bond donors (Lipinski definition) is 1. The number of benzene rings is 1. The highest BCUT2D eigenvalue weighted by molar-refractivity contribution is 7.20. The maximum atomic E-state index is 13.1. The number of nitrogens with one attached hydrogen (secondary N) is 1. The second-order valence-electron chi connectivity index (χ2n) is 5.93. The molecule has 0 radical (unpaired) electrons. The number of hydrogen-bond acceptors (Lipinski definition) is 5. The van der Waals surface area contributed by atoms with Crippen molar-refractivity contribution < 1.29 is 4.74 Å². The molecular weight excluding hydrogens is 352 g/mol. The zero-order valence-electron chi connectivity index (χ0n) is 14.5. The van der Waals surface area contributed by atoms with Gasteiger partial charge in [0.1, 0.15) is 0 Å². The lowest BCUT2D eigenvalue weighted by molar-refractivity contribution is 0.185. The lowest BCUT2D eigenvalue weighted by Gasteiger charge is -2.11. The molecule has 8 heteroatoms. The molecule has 0 fully saturated rings. The summed E-state index contributed by atoms with van der Waals surface area (Å²) in [6.07, 6.45) is 0.573. The Morgan fingerprint density at radius 1 is 1.27 bits per heavy atom. The minimum atomic E-state index is -0.193. The Bertz CT molecular complexity index is 1180. The van der Waals surface area contributed by atoms with Crippen LogP contribution in [0.3, 0.4) is 0 Å². The summed E-state index contributed by atoms with van der Waals surface area (Å²) in [5.41, 5.74) is 1.75. The second-order valence-corrected chi connectivity index (χ2v) is 6.94. The molecule has 26 heavy (non-hydrogen) atoms. The largest absolute Gasteiger partial charge is 0.383 e. The fourth-order valence-corrected chi connectivity index (χ4v) is 4.12. The number of ether oxygens (including phenoxy) is 1. The van der Waals surface area contributed by atoms with Gasteiger partial charge < -0.3 is 9.30 Å². The summed E-state index contributed by atoms with van der Waals surface area (Å²) in [4.78, 5) is 30.1. The number of aromatic nitrogens is 4. The average molecular weight is 370 g/mol. The molecule has 0 saturated heterocycles. The number of para-hydroxylation sites is 1. The molecule has 0 amide bonds.